The highest BCUT2D eigenvalue weighted by molar-refractivity contribution is 5.95. The molecular formula is C15H21N3O2. The quantitative estimate of drug-likeness (QED) is 0.498. The van der Waals surface area contributed by atoms with E-state index in [1.54, 1.807) is 30.3 Å². The Bertz CT molecular complexity index is 455. The van der Waals surface area contributed by atoms with Crippen LogP contribution in [0, 0.1) is 0 Å². The third kappa shape index (κ3) is 5.67. The summed E-state index contributed by atoms with van der Waals surface area (Å²) in [4.78, 5) is 23.3. The molecule has 0 aromatic heterocycles. The van der Waals surface area contributed by atoms with Gasteiger partial charge in [0.1, 0.15) is 0 Å². The van der Waals surface area contributed by atoms with Crippen LogP contribution >= 0.6 is 0 Å². The molecule has 0 aliphatic carbocycles. The van der Waals surface area contributed by atoms with Gasteiger partial charge in [-0.1, -0.05) is 13.0 Å². The number of carbonyl (C=O) groups excluding carboxylic acids is 2. The number of anilines is 1. The molecule has 1 aromatic rings. The molecule has 2 amide bonds. The van der Waals surface area contributed by atoms with Crippen LogP contribution in [0.5, 0.6) is 0 Å². The minimum Gasteiger partial charge on any atom is -0.349 e. The monoisotopic (exact) mass is 275 g/mol. The van der Waals surface area contributed by atoms with Crippen LogP contribution < -0.4 is 16.0 Å². The first-order valence-corrected chi connectivity index (χ1v) is 6.67. The Morgan fingerprint density at radius 3 is 2.55 bits per heavy atom. The summed E-state index contributed by atoms with van der Waals surface area (Å²) in [5.41, 5.74) is 1.24. The molecule has 0 fully saturated rings. The van der Waals surface area contributed by atoms with E-state index in [9.17, 15) is 9.59 Å². The molecule has 108 valence electrons. The zero-order chi connectivity index (χ0) is 14.8. The van der Waals surface area contributed by atoms with Gasteiger partial charge >= 0.3 is 0 Å². The Morgan fingerprint density at radius 1 is 1.25 bits per heavy atom. The van der Waals surface area contributed by atoms with Gasteiger partial charge in [-0.2, -0.15) is 0 Å². The molecule has 0 saturated carbocycles. The molecule has 5 nitrogen and oxygen atoms in total. The van der Waals surface area contributed by atoms with E-state index < -0.39 is 0 Å². The molecule has 3 N–H and O–H groups in total. The van der Waals surface area contributed by atoms with Crippen molar-refractivity contribution in [1.29, 1.82) is 0 Å². The van der Waals surface area contributed by atoms with Crippen molar-refractivity contribution in [3.8, 4) is 0 Å². The van der Waals surface area contributed by atoms with Gasteiger partial charge < -0.3 is 16.0 Å². The van der Waals surface area contributed by atoms with Crippen molar-refractivity contribution in [2.24, 2.45) is 0 Å². The first-order valence-electron chi connectivity index (χ1n) is 6.67. The average molecular weight is 275 g/mol. The van der Waals surface area contributed by atoms with E-state index in [0.29, 0.717) is 30.8 Å². The van der Waals surface area contributed by atoms with E-state index in [1.165, 1.54) is 0 Å². The number of benzene rings is 1. The van der Waals surface area contributed by atoms with Crippen LogP contribution in [-0.2, 0) is 4.79 Å². The lowest BCUT2D eigenvalue weighted by atomic mass is 10.2. The van der Waals surface area contributed by atoms with E-state index in [0.717, 1.165) is 6.54 Å². The van der Waals surface area contributed by atoms with Crippen LogP contribution in [0.4, 0.5) is 5.69 Å². The number of rotatable bonds is 8. The van der Waals surface area contributed by atoms with E-state index >= 15 is 0 Å². The van der Waals surface area contributed by atoms with E-state index in [1.807, 2.05) is 6.92 Å². The smallest absolute Gasteiger partial charge is 0.251 e. The first kappa shape index (κ1) is 15.9. The lowest BCUT2D eigenvalue weighted by molar-refractivity contribution is -0.116. The Kier molecular flexibility index (Phi) is 7.06. The summed E-state index contributed by atoms with van der Waals surface area (Å²) < 4.78 is 0. The highest BCUT2D eigenvalue weighted by Crippen LogP contribution is 2.09. The van der Waals surface area contributed by atoms with E-state index in [4.69, 9.17) is 0 Å². The van der Waals surface area contributed by atoms with Gasteiger partial charge in [0.05, 0.1) is 0 Å². The fourth-order valence-corrected chi connectivity index (χ4v) is 1.57. The molecule has 1 rings (SSSR count). The summed E-state index contributed by atoms with van der Waals surface area (Å²) in [5.74, 6) is -0.204. The summed E-state index contributed by atoms with van der Waals surface area (Å²) >= 11 is 0. The largest absolute Gasteiger partial charge is 0.349 e. The van der Waals surface area contributed by atoms with Gasteiger partial charge in [-0.25, -0.2) is 0 Å². The third-order valence-corrected chi connectivity index (χ3v) is 2.62. The Labute approximate surface area is 119 Å². The van der Waals surface area contributed by atoms with Crippen molar-refractivity contribution < 1.29 is 9.59 Å². The number of nitrogens with one attached hydrogen (secondary N) is 3. The van der Waals surface area contributed by atoms with Crippen LogP contribution in [0.2, 0.25) is 0 Å². The normalized spacial score (nSPS) is 9.85. The predicted molar refractivity (Wildman–Crippen MR) is 80.8 cm³/mol. The van der Waals surface area contributed by atoms with Gasteiger partial charge in [0.15, 0.2) is 0 Å². The molecular weight excluding hydrogens is 254 g/mol. The molecule has 5 heteroatoms. The molecule has 0 bridgehead atoms. The van der Waals surface area contributed by atoms with Gasteiger partial charge in [0.2, 0.25) is 5.91 Å². The molecule has 0 aliphatic rings. The van der Waals surface area contributed by atoms with Crippen LogP contribution in [0.25, 0.3) is 0 Å². The molecule has 0 aliphatic heterocycles. The summed E-state index contributed by atoms with van der Waals surface area (Å²) in [5, 5.41) is 8.56. The van der Waals surface area contributed by atoms with E-state index in [-0.39, 0.29) is 11.8 Å². The second-order valence-electron chi connectivity index (χ2n) is 4.23. The molecule has 20 heavy (non-hydrogen) atoms. The standard InChI is InChI=1S/C15H21N3O2/c1-3-10-17-15(20)12-5-7-13(8-6-12)18-14(19)9-11-16-4-2/h3,5-8,16H,1,4,9-11H2,2H3,(H,17,20)(H,18,19). The number of hydrogen-bond acceptors (Lipinski definition) is 3. The van der Waals surface area contributed by atoms with Crippen LogP contribution in [0.15, 0.2) is 36.9 Å². The number of amides is 2. The zero-order valence-corrected chi connectivity index (χ0v) is 11.7. The Balaban J connectivity index is 2.47. The van der Waals surface area contributed by atoms with Crippen molar-refractivity contribution in [3.05, 3.63) is 42.5 Å². The molecule has 0 unspecified atom stereocenters. The first-order chi connectivity index (χ1) is 9.67. The highest BCUT2D eigenvalue weighted by Gasteiger charge is 2.05. The molecule has 0 heterocycles. The highest BCUT2D eigenvalue weighted by atomic mass is 16.2. The third-order valence-electron chi connectivity index (χ3n) is 2.62. The molecule has 0 spiro atoms. The van der Waals surface area contributed by atoms with Crippen molar-refractivity contribution >= 4 is 17.5 Å². The maximum atomic E-state index is 11.7. The van der Waals surface area contributed by atoms with Gasteiger partial charge in [-0.05, 0) is 30.8 Å². The van der Waals surface area contributed by atoms with Crippen LogP contribution in [0.3, 0.4) is 0 Å². The minimum absolute atomic E-state index is 0.0465. The average Bonchev–Trinajstić information content (AvgIpc) is 2.46. The summed E-state index contributed by atoms with van der Waals surface area (Å²) in [7, 11) is 0. The van der Waals surface area contributed by atoms with Crippen molar-refractivity contribution in [2.75, 3.05) is 25.0 Å². The van der Waals surface area contributed by atoms with Gasteiger partial charge in [-0.15, -0.1) is 6.58 Å². The minimum atomic E-state index is -0.157. The SMILES string of the molecule is C=CCNC(=O)c1ccc(NC(=O)CCNCC)cc1. The lowest BCUT2D eigenvalue weighted by Gasteiger charge is -2.07. The van der Waals surface area contributed by atoms with Gasteiger partial charge in [0.25, 0.3) is 5.91 Å². The van der Waals surface area contributed by atoms with Crippen LogP contribution in [-0.4, -0.2) is 31.4 Å². The number of hydrogen-bond donors (Lipinski definition) is 3. The molecule has 1 aromatic carbocycles. The number of carbonyl (C=O) groups is 2. The predicted octanol–water partition coefficient (Wildman–Crippen LogP) is 1.54. The lowest BCUT2D eigenvalue weighted by Crippen LogP contribution is -2.23. The summed E-state index contributed by atoms with van der Waals surface area (Å²) in [6.07, 6.45) is 2.05. The Morgan fingerprint density at radius 2 is 1.95 bits per heavy atom. The fourth-order valence-electron chi connectivity index (χ4n) is 1.57. The van der Waals surface area contributed by atoms with Crippen LogP contribution in [0.1, 0.15) is 23.7 Å². The fraction of sp³-hybridized carbons (Fsp3) is 0.333. The second-order valence-corrected chi connectivity index (χ2v) is 4.23. The maximum Gasteiger partial charge on any atom is 0.251 e. The Hall–Kier alpha value is -2.14. The van der Waals surface area contributed by atoms with Crippen molar-refractivity contribution in [2.45, 2.75) is 13.3 Å². The summed E-state index contributed by atoms with van der Waals surface area (Å²) in [6.45, 7) is 7.47. The molecule has 0 atom stereocenters. The van der Waals surface area contributed by atoms with E-state index in [2.05, 4.69) is 22.5 Å². The van der Waals surface area contributed by atoms with Crippen molar-refractivity contribution in [3.63, 3.8) is 0 Å². The summed E-state index contributed by atoms with van der Waals surface area (Å²) in [6, 6.07) is 6.79. The van der Waals surface area contributed by atoms with Gasteiger partial charge in [0, 0.05) is 30.8 Å². The molecule has 0 saturated heterocycles. The zero-order valence-electron chi connectivity index (χ0n) is 11.7. The van der Waals surface area contributed by atoms with Crippen molar-refractivity contribution in [1.82, 2.24) is 10.6 Å². The maximum absolute atomic E-state index is 11.7. The van der Waals surface area contributed by atoms with Gasteiger partial charge in [-0.3, -0.25) is 9.59 Å². The molecule has 0 radical (unpaired) electrons. The second kappa shape index (κ2) is 8.87. The topological polar surface area (TPSA) is 70.2 Å².